The average Bonchev–Trinajstić information content (AvgIpc) is 1.59. The topological polar surface area (TPSA) is 447 Å². The number of aliphatic imine (C=N–C) groups is 1. The summed E-state index contributed by atoms with van der Waals surface area (Å²) in [6.07, 6.45) is 10.6. The molecule has 1 aliphatic heterocycles. The molecule has 0 fully saturated rings. The number of anilines is 5. The number of ether oxygens (including phenoxy) is 6. The summed E-state index contributed by atoms with van der Waals surface area (Å²) in [5, 5.41) is 35.0. The van der Waals surface area contributed by atoms with Crippen molar-refractivity contribution in [1.82, 2.24) is 83.6 Å². The minimum atomic E-state index is -0.640. The fraction of sp³-hybridized carbons (Fsp3) is 0.439. The number of aromatic nitrogens is 11. The maximum absolute atomic E-state index is 13.6. The molecule has 39 nitrogen and oxygen atoms in total. The Morgan fingerprint density at radius 2 is 1.02 bits per heavy atom. The lowest BCUT2D eigenvalue weighted by molar-refractivity contribution is -0.131. The van der Waals surface area contributed by atoms with Gasteiger partial charge in [-0.15, -0.1) is 21.5 Å². The van der Waals surface area contributed by atoms with Crippen LogP contribution in [0.2, 0.25) is 5.02 Å². The van der Waals surface area contributed by atoms with Crippen LogP contribution in [0.1, 0.15) is 137 Å². The maximum atomic E-state index is 13.6. The predicted octanol–water partition coefficient (Wildman–Crippen LogP) is 5.69. The first-order chi connectivity index (χ1) is 59.2. The molecule has 0 bridgehead atoms. The number of nitrogens with zero attached hydrogens (tertiary/aromatic N) is 14. The third kappa shape index (κ3) is 27.6. The van der Waals surface area contributed by atoms with E-state index in [9.17, 15) is 47.9 Å². The summed E-state index contributed by atoms with van der Waals surface area (Å²) in [5.41, 5.74) is 5.46. The van der Waals surface area contributed by atoms with Crippen molar-refractivity contribution in [2.75, 3.05) is 159 Å². The summed E-state index contributed by atoms with van der Waals surface area (Å²) < 4.78 is 43.4. The molecule has 10 amide bonds. The summed E-state index contributed by atoms with van der Waals surface area (Å²) >= 11 is 7.92. The largest absolute Gasteiger partial charge is 0.491 e. The second-order valence-corrected chi connectivity index (χ2v) is 30.6. The molecular formula is C82H106ClN23O16S. The lowest BCUT2D eigenvalue weighted by Crippen LogP contribution is -2.33. The highest BCUT2D eigenvalue weighted by Gasteiger charge is 2.33. The van der Waals surface area contributed by atoms with Crippen LogP contribution in [0.5, 0.6) is 5.75 Å². The number of halogens is 1. The van der Waals surface area contributed by atoms with Crippen molar-refractivity contribution in [1.29, 1.82) is 0 Å². The van der Waals surface area contributed by atoms with Crippen LogP contribution in [0.3, 0.4) is 0 Å². The Morgan fingerprint density at radius 3 is 1.58 bits per heavy atom. The molecule has 123 heavy (non-hydrogen) atoms. The number of imidazole rings is 3. The lowest BCUT2D eigenvalue weighted by Gasteiger charge is -2.20. The van der Waals surface area contributed by atoms with Gasteiger partial charge in [0.05, 0.1) is 96.0 Å². The zero-order chi connectivity index (χ0) is 88.1. The molecule has 7 aromatic heterocycles. The number of amides is 10. The molecule has 8 heterocycles. The molecule has 658 valence electrons. The molecular weight excluding hydrogens is 1630 g/mol. The summed E-state index contributed by atoms with van der Waals surface area (Å²) in [6, 6.07) is 17.1. The number of hydrogen-bond acceptors (Lipinski definition) is 24. The van der Waals surface area contributed by atoms with Gasteiger partial charge in [0.25, 0.3) is 29.5 Å². The van der Waals surface area contributed by atoms with Gasteiger partial charge in [0.1, 0.15) is 40.6 Å². The van der Waals surface area contributed by atoms with Gasteiger partial charge < -0.3 is 109 Å². The molecule has 0 saturated heterocycles. The Kier molecular flexibility index (Phi) is 34.8. The molecule has 2 aromatic carbocycles. The fourth-order valence-corrected chi connectivity index (χ4v) is 14.2. The van der Waals surface area contributed by atoms with Crippen LogP contribution in [0.4, 0.5) is 28.7 Å². The number of rotatable bonds is 49. The predicted molar refractivity (Wildman–Crippen MR) is 459 cm³/mol. The SMILES string of the molecule is Cc1sc2c(c1C)C(c1ccc(Cl)cc1)=NC(CC(=O)Nc1ccc(OCCOCCOCCOCCOCCOCCC(=O)N(C)CCCN(C)CCCNC(=O)CCNC(=O)c3nc(NC(=O)CCNC(=O)c4cc(NC(=O)c5nc(NC(=O)CCNC(=O)c6cc(NC(=O)c7nccn7C)cn6C)cn5C)cn4C)cn3C)cc1)c1nnc(C)n1-2. The highest BCUT2D eigenvalue weighted by Crippen LogP contribution is 2.40. The number of benzene rings is 2. The molecule has 9 N–H and O–H groups in total. The van der Waals surface area contributed by atoms with Crippen LogP contribution in [0.25, 0.3) is 5.00 Å². The van der Waals surface area contributed by atoms with Crippen molar-refractivity contribution >= 4 is 116 Å². The van der Waals surface area contributed by atoms with E-state index in [1.54, 1.807) is 99.7 Å². The van der Waals surface area contributed by atoms with E-state index in [4.69, 9.17) is 45.0 Å². The summed E-state index contributed by atoms with van der Waals surface area (Å²) in [5.74, 6) is -1.84. The normalized spacial score (nSPS) is 12.2. The van der Waals surface area contributed by atoms with E-state index in [2.05, 4.69) is 91.7 Å². The second kappa shape index (κ2) is 46.1. The van der Waals surface area contributed by atoms with Crippen LogP contribution in [0, 0.1) is 20.8 Å². The van der Waals surface area contributed by atoms with E-state index in [0.29, 0.717) is 120 Å². The van der Waals surface area contributed by atoms with Crippen LogP contribution < -0.4 is 52.6 Å². The van der Waals surface area contributed by atoms with Crippen molar-refractivity contribution in [2.24, 2.45) is 40.2 Å². The minimum absolute atomic E-state index is 0.00249. The second-order valence-electron chi connectivity index (χ2n) is 29.0. The van der Waals surface area contributed by atoms with E-state index in [1.165, 1.54) is 55.2 Å². The third-order valence-corrected chi connectivity index (χ3v) is 20.9. The van der Waals surface area contributed by atoms with Crippen molar-refractivity contribution in [3.63, 3.8) is 0 Å². The lowest BCUT2D eigenvalue weighted by atomic mass is 9.99. The fourth-order valence-electron chi connectivity index (χ4n) is 12.9. The number of fused-ring (bicyclic) bond motifs is 3. The Balaban J connectivity index is 0.481. The Hall–Kier alpha value is -12.3. The maximum Gasteiger partial charge on any atom is 0.291 e. The highest BCUT2D eigenvalue weighted by atomic mass is 35.5. The first-order valence-electron chi connectivity index (χ1n) is 40.1. The van der Waals surface area contributed by atoms with Gasteiger partial charge in [-0.3, -0.25) is 57.5 Å². The Bertz CT molecular complexity index is 5180. The number of thiophene rings is 1. The molecule has 9 aromatic rings. The Labute approximate surface area is 719 Å². The van der Waals surface area contributed by atoms with Gasteiger partial charge >= 0.3 is 0 Å². The zero-order valence-corrected chi connectivity index (χ0v) is 72.1. The van der Waals surface area contributed by atoms with Gasteiger partial charge in [-0.05, 0) is 108 Å². The van der Waals surface area contributed by atoms with Gasteiger partial charge in [0.15, 0.2) is 23.3 Å². The van der Waals surface area contributed by atoms with E-state index in [1.807, 2.05) is 42.8 Å². The number of nitrogens with one attached hydrogen (secondary N) is 9. The molecule has 1 unspecified atom stereocenters. The Morgan fingerprint density at radius 1 is 0.496 bits per heavy atom. The number of aryl methyl sites for hydroxylation is 7. The number of hydrogen-bond donors (Lipinski definition) is 9. The zero-order valence-electron chi connectivity index (χ0n) is 70.6. The van der Waals surface area contributed by atoms with Gasteiger partial charge in [-0.25, -0.2) is 15.0 Å². The van der Waals surface area contributed by atoms with E-state index >= 15 is 0 Å². The minimum Gasteiger partial charge on any atom is -0.491 e. The number of carbonyl (C=O) groups is 10. The van der Waals surface area contributed by atoms with E-state index < -0.39 is 47.4 Å². The van der Waals surface area contributed by atoms with E-state index in [0.717, 1.165) is 51.1 Å². The molecule has 0 radical (unpaired) electrons. The first-order valence-corrected chi connectivity index (χ1v) is 41.3. The van der Waals surface area contributed by atoms with Gasteiger partial charge in [-0.1, -0.05) is 23.7 Å². The molecule has 10 rings (SSSR count). The molecule has 41 heteroatoms. The van der Waals surface area contributed by atoms with Crippen molar-refractivity contribution in [2.45, 2.75) is 71.8 Å². The van der Waals surface area contributed by atoms with Crippen LogP contribution >= 0.6 is 22.9 Å². The molecule has 0 saturated carbocycles. The standard InChI is InChI=1S/C82H106ClN23O16S/c1-52-53(2)123-82-71(52)72(55-13-15-56(83)16-14-55)92-61(73-98-97-54(3)106(73)82)47-69(110)89-57-17-19-60(20-18-57)122-44-43-121-42-41-120-40-39-119-38-37-118-36-35-117-34-24-70(111)100(5)32-12-31-99(4)30-11-25-84-66(107)21-26-88-79(114)75-95-64(50-104(75)9)93-67(108)22-27-87-78(113)63-46-59(49-103(63)8)91-81(116)76-96-65(51-105(76)10)94-68(109)23-28-86-77(112)62-45-58(48-102(62)7)90-80(115)74-85-29-33-101(74)6/h13-20,29,33,45-46,48-51,61H,11-12,21-28,30-32,34-44,47H2,1-10H3,(H,84,107)(H,86,112)(H,87,113)(H,88,114)(H,89,110)(H,90,115)(H,91,116)(H,93,108)(H,94,109). The first kappa shape index (κ1) is 93.0. The van der Waals surface area contributed by atoms with Gasteiger partial charge in [0, 0.05) is 158 Å². The molecule has 0 spiro atoms. The van der Waals surface area contributed by atoms with Crippen LogP contribution in [-0.2, 0) is 82.9 Å². The van der Waals surface area contributed by atoms with Crippen molar-refractivity contribution in [3.8, 4) is 10.8 Å². The van der Waals surface area contributed by atoms with Crippen molar-refractivity contribution < 1.29 is 76.4 Å². The van der Waals surface area contributed by atoms with Gasteiger partial charge in [-0.2, -0.15) is 0 Å². The monoisotopic (exact) mass is 1740 g/mol. The molecule has 0 aliphatic carbocycles. The average molecular weight is 1740 g/mol. The quantitative estimate of drug-likeness (QED) is 0.0207. The summed E-state index contributed by atoms with van der Waals surface area (Å²) in [7, 11) is 11.8. The summed E-state index contributed by atoms with van der Waals surface area (Å²) in [4.78, 5) is 152. The third-order valence-electron chi connectivity index (χ3n) is 19.4. The molecule has 1 aliphatic rings. The van der Waals surface area contributed by atoms with Crippen molar-refractivity contribution in [3.05, 3.63) is 165 Å². The number of carbonyl (C=O) groups excluding carboxylic acids is 10. The van der Waals surface area contributed by atoms with Gasteiger partial charge in [0.2, 0.25) is 41.2 Å². The smallest absolute Gasteiger partial charge is 0.291 e. The van der Waals surface area contributed by atoms with E-state index in [-0.39, 0.29) is 122 Å². The van der Waals surface area contributed by atoms with Crippen LogP contribution in [0.15, 0.2) is 103 Å². The summed E-state index contributed by atoms with van der Waals surface area (Å²) in [6.45, 7) is 12.6. The van der Waals surface area contributed by atoms with Crippen LogP contribution in [-0.4, -0.2) is 260 Å². The highest BCUT2D eigenvalue weighted by molar-refractivity contribution is 7.15. The molecule has 1 atom stereocenters.